The van der Waals surface area contributed by atoms with Crippen LogP contribution in [0.2, 0.25) is 0 Å². The number of alkyl carbamates (subject to hydrolysis) is 1. The maximum absolute atomic E-state index is 14.7. The molecule has 204 valence electrons. The lowest BCUT2D eigenvalue weighted by Crippen LogP contribution is -2.33. The fraction of sp³-hybridized carbons (Fsp3) is 0.458. The SMILES string of the molecule is CC(C)(C)OC(=O)NCCCOc1ncc(F)cc1[C@H]1C[C@H](F)CN1c1ccn2nc(N)c(C(=O)O)c2n1. The van der Waals surface area contributed by atoms with E-state index in [1.807, 2.05) is 0 Å². The Balaban J connectivity index is 1.52. The Morgan fingerprint density at radius 2 is 2.11 bits per heavy atom. The number of anilines is 2. The molecule has 12 nitrogen and oxygen atoms in total. The Morgan fingerprint density at radius 3 is 2.82 bits per heavy atom. The zero-order valence-electron chi connectivity index (χ0n) is 21.1. The molecule has 4 rings (SSSR count). The Labute approximate surface area is 216 Å². The first-order valence-corrected chi connectivity index (χ1v) is 12.0. The number of halogens is 2. The third kappa shape index (κ3) is 6.01. The van der Waals surface area contributed by atoms with Crippen molar-refractivity contribution >= 4 is 29.3 Å². The minimum Gasteiger partial charge on any atom is -0.477 e. The largest absolute Gasteiger partial charge is 0.477 e. The monoisotopic (exact) mass is 533 g/mol. The second-order valence-electron chi connectivity index (χ2n) is 9.80. The van der Waals surface area contributed by atoms with Gasteiger partial charge in [-0.3, -0.25) is 0 Å². The summed E-state index contributed by atoms with van der Waals surface area (Å²) in [7, 11) is 0. The lowest BCUT2D eigenvalue weighted by Gasteiger charge is -2.26. The van der Waals surface area contributed by atoms with Gasteiger partial charge < -0.3 is 30.5 Å². The molecule has 1 saturated heterocycles. The predicted octanol–water partition coefficient (Wildman–Crippen LogP) is 3.13. The summed E-state index contributed by atoms with van der Waals surface area (Å²) >= 11 is 0. The van der Waals surface area contributed by atoms with Crippen LogP contribution in [-0.4, -0.2) is 68.2 Å². The lowest BCUT2D eigenvalue weighted by molar-refractivity contribution is 0.0524. The highest BCUT2D eigenvalue weighted by atomic mass is 19.1. The Morgan fingerprint density at radius 1 is 1.34 bits per heavy atom. The molecule has 0 radical (unpaired) electrons. The summed E-state index contributed by atoms with van der Waals surface area (Å²) in [5, 5.41) is 16.1. The number of carboxylic acid groups (broad SMARTS) is 1. The fourth-order valence-electron chi connectivity index (χ4n) is 4.18. The van der Waals surface area contributed by atoms with Gasteiger partial charge in [-0.1, -0.05) is 0 Å². The highest BCUT2D eigenvalue weighted by molar-refractivity contribution is 5.99. The van der Waals surface area contributed by atoms with Crippen molar-refractivity contribution in [1.29, 1.82) is 0 Å². The molecule has 0 spiro atoms. The molecule has 4 N–H and O–H groups in total. The van der Waals surface area contributed by atoms with Gasteiger partial charge >= 0.3 is 12.1 Å². The molecular weight excluding hydrogens is 504 g/mol. The number of hydrogen-bond donors (Lipinski definition) is 3. The van der Waals surface area contributed by atoms with Gasteiger partial charge in [0.05, 0.1) is 25.4 Å². The van der Waals surface area contributed by atoms with Crippen LogP contribution in [0.25, 0.3) is 5.65 Å². The number of nitrogens with one attached hydrogen (secondary N) is 1. The lowest BCUT2D eigenvalue weighted by atomic mass is 10.1. The number of aromatic carboxylic acids is 1. The van der Waals surface area contributed by atoms with E-state index < -0.39 is 35.7 Å². The summed E-state index contributed by atoms with van der Waals surface area (Å²) in [5.74, 6) is -1.74. The number of carbonyl (C=O) groups is 2. The average Bonchev–Trinajstić information content (AvgIpc) is 3.36. The minimum absolute atomic E-state index is 0.000105. The van der Waals surface area contributed by atoms with E-state index in [0.717, 1.165) is 6.20 Å². The van der Waals surface area contributed by atoms with Gasteiger partial charge in [0.15, 0.2) is 11.5 Å². The number of carbonyl (C=O) groups excluding carboxylic acids is 1. The number of pyridine rings is 1. The number of carboxylic acids is 1. The topological polar surface area (TPSA) is 157 Å². The van der Waals surface area contributed by atoms with Crippen molar-refractivity contribution in [1.82, 2.24) is 24.9 Å². The van der Waals surface area contributed by atoms with Gasteiger partial charge in [0.1, 0.15) is 29.0 Å². The maximum atomic E-state index is 14.7. The molecule has 3 aromatic heterocycles. The Hall–Kier alpha value is -4.23. The molecule has 1 aliphatic rings. The Kier molecular flexibility index (Phi) is 7.51. The van der Waals surface area contributed by atoms with Crippen LogP contribution < -0.4 is 20.7 Å². The number of aromatic nitrogens is 4. The van der Waals surface area contributed by atoms with Crippen LogP contribution in [0.1, 0.15) is 55.6 Å². The van der Waals surface area contributed by atoms with Gasteiger partial charge in [0.2, 0.25) is 5.88 Å². The number of alkyl halides is 1. The van der Waals surface area contributed by atoms with Crippen LogP contribution >= 0.6 is 0 Å². The second-order valence-corrected chi connectivity index (χ2v) is 9.80. The van der Waals surface area contributed by atoms with Crippen molar-refractivity contribution in [3.8, 4) is 5.88 Å². The van der Waals surface area contributed by atoms with Crippen molar-refractivity contribution in [2.24, 2.45) is 0 Å². The van der Waals surface area contributed by atoms with Gasteiger partial charge in [-0.05, 0) is 39.3 Å². The molecule has 0 saturated carbocycles. The molecule has 0 aliphatic carbocycles. The first-order chi connectivity index (χ1) is 17.9. The number of nitrogens with two attached hydrogens (primary N) is 1. The van der Waals surface area contributed by atoms with E-state index in [-0.39, 0.29) is 54.8 Å². The van der Waals surface area contributed by atoms with Gasteiger partial charge in [-0.25, -0.2) is 32.9 Å². The number of nitrogen functional groups attached to an aromatic ring is 1. The number of amides is 1. The third-order valence-corrected chi connectivity index (χ3v) is 5.69. The average molecular weight is 534 g/mol. The molecular formula is C24H29F2N7O5. The molecule has 4 heterocycles. The fourth-order valence-corrected chi connectivity index (χ4v) is 4.18. The summed E-state index contributed by atoms with van der Waals surface area (Å²) < 4.78 is 41.1. The molecule has 2 atom stereocenters. The first-order valence-electron chi connectivity index (χ1n) is 12.0. The highest BCUT2D eigenvalue weighted by Gasteiger charge is 2.37. The second kappa shape index (κ2) is 10.6. The molecule has 1 amide bonds. The first kappa shape index (κ1) is 26.8. The summed E-state index contributed by atoms with van der Waals surface area (Å²) in [5.41, 5.74) is 5.16. The zero-order valence-corrected chi connectivity index (χ0v) is 21.1. The standard InChI is InChI=1S/C24H29F2N7O5/c1-24(2,3)38-23(36)28-6-4-8-37-21-15(9-13(25)11-29-21)16-10-14(26)12-32(16)17-5-7-33-20(30-17)18(22(34)35)19(27)31-33/h5,7,9,11,14,16H,4,6,8,10,12H2,1-3H3,(H2,27,31)(H,28,36)(H,34,35)/t14-,16+/m0/s1. The molecule has 0 unspecified atom stereocenters. The van der Waals surface area contributed by atoms with Crippen molar-refractivity contribution in [3.05, 3.63) is 41.5 Å². The van der Waals surface area contributed by atoms with Crippen LogP contribution in [-0.2, 0) is 4.74 Å². The van der Waals surface area contributed by atoms with Crippen LogP contribution in [0.15, 0.2) is 24.5 Å². The summed E-state index contributed by atoms with van der Waals surface area (Å²) in [6.07, 6.45) is 1.09. The molecule has 3 aromatic rings. The van der Waals surface area contributed by atoms with E-state index in [4.69, 9.17) is 15.2 Å². The van der Waals surface area contributed by atoms with Crippen LogP contribution in [0.3, 0.4) is 0 Å². The van der Waals surface area contributed by atoms with E-state index in [9.17, 15) is 23.5 Å². The quantitative estimate of drug-likeness (QED) is 0.368. The van der Waals surface area contributed by atoms with E-state index in [2.05, 4.69) is 20.4 Å². The third-order valence-electron chi connectivity index (χ3n) is 5.69. The summed E-state index contributed by atoms with van der Waals surface area (Å²) in [4.78, 5) is 33.5. The van der Waals surface area contributed by atoms with E-state index >= 15 is 0 Å². The zero-order chi connectivity index (χ0) is 27.6. The van der Waals surface area contributed by atoms with Crippen molar-refractivity contribution < 1.29 is 33.0 Å². The molecule has 14 heteroatoms. The van der Waals surface area contributed by atoms with E-state index in [0.29, 0.717) is 12.0 Å². The molecule has 0 aromatic carbocycles. The van der Waals surface area contributed by atoms with E-state index in [1.165, 1.54) is 16.8 Å². The van der Waals surface area contributed by atoms with Crippen LogP contribution in [0.4, 0.5) is 25.2 Å². The number of ether oxygens (including phenoxy) is 2. The van der Waals surface area contributed by atoms with Gasteiger partial charge in [0.25, 0.3) is 0 Å². The van der Waals surface area contributed by atoms with E-state index in [1.54, 1.807) is 31.7 Å². The minimum atomic E-state index is -1.30. The smallest absolute Gasteiger partial charge is 0.407 e. The molecule has 1 aliphatic heterocycles. The van der Waals surface area contributed by atoms with Crippen molar-refractivity contribution in [3.63, 3.8) is 0 Å². The summed E-state index contributed by atoms with van der Waals surface area (Å²) in [6.45, 7) is 5.64. The van der Waals surface area contributed by atoms with Gasteiger partial charge in [-0.2, -0.15) is 0 Å². The van der Waals surface area contributed by atoms with Crippen LogP contribution in [0.5, 0.6) is 5.88 Å². The normalized spacial score (nSPS) is 17.6. The maximum Gasteiger partial charge on any atom is 0.407 e. The Bertz CT molecular complexity index is 1340. The van der Waals surface area contributed by atoms with Crippen molar-refractivity contribution in [2.75, 3.05) is 30.3 Å². The summed E-state index contributed by atoms with van der Waals surface area (Å²) in [6, 6.07) is 2.09. The number of fused-ring (bicyclic) bond motifs is 1. The molecule has 0 bridgehead atoms. The molecule has 38 heavy (non-hydrogen) atoms. The number of hydrogen-bond acceptors (Lipinski definition) is 9. The van der Waals surface area contributed by atoms with Gasteiger partial charge in [-0.15, -0.1) is 5.10 Å². The van der Waals surface area contributed by atoms with Gasteiger partial charge in [0, 0.05) is 24.7 Å². The number of rotatable bonds is 8. The molecule has 1 fully saturated rings. The predicted molar refractivity (Wildman–Crippen MR) is 133 cm³/mol. The number of nitrogens with zero attached hydrogens (tertiary/aromatic N) is 5. The van der Waals surface area contributed by atoms with Crippen molar-refractivity contribution in [2.45, 2.75) is 51.4 Å². The van der Waals surface area contributed by atoms with Crippen LogP contribution in [0, 0.1) is 5.82 Å². The highest BCUT2D eigenvalue weighted by Crippen LogP contribution is 2.40.